The number of nitrogen functional groups attached to an aromatic ring is 2. The first-order valence-corrected chi connectivity index (χ1v) is 7.71. The van der Waals surface area contributed by atoms with Crippen molar-refractivity contribution in [3.63, 3.8) is 0 Å². The topological polar surface area (TPSA) is 70.5 Å². The van der Waals surface area contributed by atoms with Crippen molar-refractivity contribution in [2.24, 2.45) is 0 Å². The molecule has 0 atom stereocenters. The van der Waals surface area contributed by atoms with E-state index < -0.39 is 0 Å². The summed E-state index contributed by atoms with van der Waals surface area (Å²) in [6.45, 7) is 5.36. The van der Waals surface area contributed by atoms with Crippen LogP contribution in [0.3, 0.4) is 0 Å². The molecular weight excluding hydrogens is 276 g/mol. The average Bonchev–Trinajstić information content (AvgIpc) is 2.53. The molecule has 2 aromatic rings. The quantitative estimate of drug-likeness (QED) is 0.755. The van der Waals surface area contributed by atoms with Crippen LogP contribution >= 0.6 is 0 Å². The first kappa shape index (κ1) is 16.0. The molecule has 4 N–H and O–H groups in total. The lowest BCUT2D eigenvalue weighted by Gasteiger charge is -2.18. The van der Waals surface area contributed by atoms with Gasteiger partial charge in [-0.05, 0) is 42.7 Å². The molecule has 0 aliphatic heterocycles. The summed E-state index contributed by atoms with van der Waals surface area (Å²) in [4.78, 5) is 0. The number of hydrogen-bond acceptors (Lipinski definition) is 4. The molecule has 0 heterocycles. The first-order valence-electron chi connectivity index (χ1n) is 7.71. The van der Waals surface area contributed by atoms with Crippen LogP contribution in [0.25, 0.3) is 11.1 Å². The van der Waals surface area contributed by atoms with Crippen molar-refractivity contribution in [2.75, 3.05) is 24.7 Å². The van der Waals surface area contributed by atoms with E-state index >= 15 is 0 Å². The van der Waals surface area contributed by atoms with Gasteiger partial charge in [0.05, 0.1) is 18.9 Å². The Morgan fingerprint density at radius 2 is 1.36 bits per heavy atom. The highest BCUT2D eigenvalue weighted by molar-refractivity contribution is 5.79. The van der Waals surface area contributed by atoms with Crippen LogP contribution in [0, 0.1) is 0 Å². The molecule has 2 aromatic carbocycles. The number of benzene rings is 2. The van der Waals surface area contributed by atoms with Gasteiger partial charge in [0.15, 0.2) is 11.5 Å². The summed E-state index contributed by atoms with van der Waals surface area (Å²) < 4.78 is 11.8. The van der Waals surface area contributed by atoms with Crippen molar-refractivity contribution < 1.29 is 9.47 Å². The standard InChI is InChI=1S/C18H24N2O2/c1-3-11-21-17-15(13-5-7-14(19)8-6-13)9-10-16(20)18(17)22-12-4-2/h5-10H,3-4,11-12,19-20H2,1-2H3. The van der Waals surface area contributed by atoms with Crippen LogP contribution in [0.1, 0.15) is 26.7 Å². The van der Waals surface area contributed by atoms with Crippen molar-refractivity contribution in [1.29, 1.82) is 0 Å². The predicted molar refractivity (Wildman–Crippen MR) is 92.3 cm³/mol. The molecule has 0 aliphatic rings. The summed E-state index contributed by atoms with van der Waals surface area (Å²) in [5.74, 6) is 1.34. The normalized spacial score (nSPS) is 10.5. The molecular formula is C18H24N2O2. The van der Waals surface area contributed by atoms with Gasteiger partial charge in [-0.1, -0.05) is 26.0 Å². The minimum absolute atomic E-state index is 0.596. The van der Waals surface area contributed by atoms with E-state index in [1.54, 1.807) is 0 Å². The molecule has 0 bridgehead atoms. The molecule has 22 heavy (non-hydrogen) atoms. The highest BCUT2D eigenvalue weighted by Crippen LogP contribution is 2.42. The maximum Gasteiger partial charge on any atom is 0.184 e. The van der Waals surface area contributed by atoms with Gasteiger partial charge in [-0.15, -0.1) is 0 Å². The number of hydrogen-bond donors (Lipinski definition) is 2. The van der Waals surface area contributed by atoms with E-state index in [2.05, 4.69) is 13.8 Å². The monoisotopic (exact) mass is 300 g/mol. The molecule has 4 heteroatoms. The molecule has 0 fully saturated rings. The molecule has 0 spiro atoms. The Kier molecular flexibility index (Phi) is 5.53. The van der Waals surface area contributed by atoms with Crippen LogP contribution < -0.4 is 20.9 Å². The maximum absolute atomic E-state index is 6.08. The smallest absolute Gasteiger partial charge is 0.184 e. The zero-order valence-corrected chi connectivity index (χ0v) is 13.3. The second-order valence-corrected chi connectivity index (χ2v) is 5.18. The summed E-state index contributed by atoms with van der Waals surface area (Å²) in [5.41, 5.74) is 15.2. The Balaban J connectivity index is 2.49. The van der Waals surface area contributed by atoms with Crippen molar-refractivity contribution in [3.8, 4) is 22.6 Å². The van der Waals surface area contributed by atoms with E-state index in [1.165, 1.54) is 0 Å². The predicted octanol–water partition coefficient (Wildman–Crippen LogP) is 4.10. The first-order chi connectivity index (χ1) is 10.7. The second kappa shape index (κ2) is 7.59. The van der Waals surface area contributed by atoms with Crippen LogP contribution in [-0.4, -0.2) is 13.2 Å². The third kappa shape index (κ3) is 3.64. The third-order valence-electron chi connectivity index (χ3n) is 3.27. The van der Waals surface area contributed by atoms with Gasteiger partial charge in [-0.3, -0.25) is 0 Å². The fourth-order valence-electron chi connectivity index (χ4n) is 2.17. The lowest BCUT2D eigenvalue weighted by atomic mass is 10.0. The Bertz CT molecular complexity index is 609. The van der Waals surface area contributed by atoms with E-state index in [-0.39, 0.29) is 0 Å². The van der Waals surface area contributed by atoms with Gasteiger partial charge >= 0.3 is 0 Å². The lowest BCUT2D eigenvalue weighted by Crippen LogP contribution is -2.05. The fraction of sp³-hybridized carbons (Fsp3) is 0.333. The Morgan fingerprint density at radius 3 is 1.95 bits per heavy atom. The van der Waals surface area contributed by atoms with E-state index in [0.717, 1.165) is 29.7 Å². The minimum atomic E-state index is 0.596. The van der Waals surface area contributed by atoms with E-state index in [4.69, 9.17) is 20.9 Å². The molecule has 0 amide bonds. The summed E-state index contributed by atoms with van der Waals surface area (Å²) >= 11 is 0. The van der Waals surface area contributed by atoms with E-state index in [9.17, 15) is 0 Å². The highest BCUT2D eigenvalue weighted by atomic mass is 16.5. The third-order valence-corrected chi connectivity index (χ3v) is 3.27. The Labute approximate surface area is 132 Å². The molecule has 0 radical (unpaired) electrons. The van der Waals surface area contributed by atoms with Crippen LogP contribution in [0.4, 0.5) is 11.4 Å². The summed E-state index contributed by atoms with van der Waals surface area (Å²) in [5, 5.41) is 0. The van der Waals surface area contributed by atoms with Crippen LogP contribution in [0.15, 0.2) is 36.4 Å². The summed E-state index contributed by atoms with van der Waals surface area (Å²) in [6.07, 6.45) is 1.84. The molecule has 2 rings (SSSR count). The van der Waals surface area contributed by atoms with Crippen molar-refractivity contribution in [2.45, 2.75) is 26.7 Å². The molecule has 0 aromatic heterocycles. The number of anilines is 2. The zero-order valence-electron chi connectivity index (χ0n) is 13.3. The van der Waals surface area contributed by atoms with Gasteiger partial charge in [0, 0.05) is 11.3 Å². The largest absolute Gasteiger partial charge is 0.489 e. The van der Waals surface area contributed by atoms with E-state index in [1.807, 2.05) is 36.4 Å². The number of rotatable bonds is 7. The van der Waals surface area contributed by atoms with Gasteiger partial charge in [0.2, 0.25) is 0 Å². The van der Waals surface area contributed by atoms with Gasteiger partial charge < -0.3 is 20.9 Å². The Morgan fingerprint density at radius 1 is 0.773 bits per heavy atom. The lowest BCUT2D eigenvalue weighted by molar-refractivity contribution is 0.270. The van der Waals surface area contributed by atoms with Crippen LogP contribution in [0.5, 0.6) is 11.5 Å². The van der Waals surface area contributed by atoms with Crippen molar-refractivity contribution in [3.05, 3.63) is 36.4 Å². The Hall–Kier alpha value is -2.36. The van der Waals surface area contributed by atoms with Crippen LogP contribution in [-0.2, 0) is 0 Å². The zero-order chi connectivity index (χ0) is 15.9. The molecule has 118 valence electrons. The summed E-state index contributed by atoms with van der Waals surface area (Å²) in [7, 11) is 0. The average molecular weight is 300 g/mol. The van der Waals surface area contributed by atoms with Crippen molar-refractivity contribution >= 4 is 11.4 Å². The number of ether oxygens (including phenoxy) is 2. The van der Waals surface area contributed by atoms with Gasteiger partial charge in [-0.2, -0.15) is 0 Å². The van der Waals surface area contributed by atoms with E-state index in [0.29, 0.717) is 30.4 Å². The molecule has 0 saturated carbocycles. The summed E-state index contributed by atoms with van der Waals surface area (Å²) in [6, 6.07) is 11.5. The van der Waals surface area contributed by atoms with Crippen LogP contribution in [0.2, 0.25) is 0 Å². The van der Waals surface area contributed by atoms with Gasteiger partial charge in [-0.25, -0.2) is 0 Å². The van der Waals surface area contributed by atoms with Gasteiger partial charge in [0.1, 0.15) is 0 Å². The van der Waals surface area contributed by atoms with Gasteiger partial charge in [0.25, 0.3) is 0 Å². The number of nitrogens with two attached hydrogens (primary N) is 2. The molecule has 4 nitrogen and oxygen atoms in total. The highest BCUT2D eigenvalue weighted by Gasteiger charge is 2.16. The van der Waals surface area contributed by atoms with Crippen molar-refractivity contribution in [1.82, 2.24) is 0 Å². The molecule has 0 aliphatic carbocycles. The SMILES string of the molecule is CCCOc1c(N)ccc(-c2ccc(N)cc2)c1OCCC. The minimum Gasteiger partial charge on any atom is -0.489 e. The molecule has 0 saturated heterocycles. The fourth-order valence-corrected chi connectivity index (χ4v) is 2.17. The second-order valence-electron chi connectivity index (χ2n) is 5.18. The molecule has 0 unspecified atom stereocenters. The maximum atomic E-state index is 6.08.